The highest BCUT2D eigenvalue weighted by atomic mass is 35.5. The Balaban J connectivity index is 1.95. The van der Waals surface area contributed by atoms with Crippen LogP contribution in [0.15, 0.2) is 12.5 Å². The van der Waals surface area contributed by atoms with Gasteiger partial charge in [0.05, 0.1) is 18.2 Å². The summed E-state index contributed by atoms with van der Waals surface area (Å²) >= 11 is 6.23. The second-order valence-corrected chi connectivity index (χ2v) is 5.25. The molecule has 5 heteroatoms. The number of carbonyl (C=O) groups excluding carboxylic acids is 1. The Bertz CT molecular complexity index is 399. The summed E-state index contributed by atoms with van der Waals surface area (Å²) < 4.78 is 1.90. The molecule has 1 atom stereocenters. The number of hydrogen-bond acceptors (Lipinski definition) is 2. The SMILES string of the molecule is CCn1cncc1C(Cl)C(=O)NC1CCCCC1. The first kappa shape index (κ1) is 13.4. The average Bonchev–Trinajstić information content (AvgIpc) is 2.87. The minimum absolute atomic E-state index is 0.0984. The fraction of sp³-hybridized carbons (Fsp3) is 0.692. The van der Waals surface area contributed by atoms with Crippen LogP contribution in [0.4, 0.5) is 0 Å². The Morgan fingerprint density at radius 3 is 2.94 bits per heavy atom. The minimum Gasteiger partial charge on any atom is -0.352 e. The van der Waals surface area contributed by atoms with E-state index in [2.05, 4.69) is 10.3 Å². The van der Waals surface area contributed by atoms with Crippen LogP contribution in [0.2, 0.25) is 0 Å². The molecule has 4 nitrogen and oxygen atoms in total. The molecule has 1 N–H and O–H groups in total. The molecule has 1 aromatic heterocycles. The van der Waals surface area contributed by atoms with Crippen LogP contribution in [0.25, 0.3) is 0 Å². The molecule has 1 aromatic rings. The Hall–Kier alpha value is -1.03. The third kappa shape index (κ3) is 3.05. The molecule has 0 bridgehead atoms. The lowest BCUT2D eigenvalue weighted by Crippen LogP contribution is -2.38. The van der Waals surface area contributed by atoms with Crippen LogP contribution >= 0.6 is 11.6 Å². The van der Waals surface area contributed by atoms with E-state index in [1.807, 2.05) is 11.5 Å². The highest BCUT2D eigenvalue weighted by Gasteiger charge is 2.24. The Morgan fingerprint density at radius 1 is 1.56 bits per heavy atom. The molecule has 18 heavy (non-hydrogen) atoms. The minimum atomic E-state index is -0.644. The van der Waals surface area contributed by atoms with Crippen molar-refractivity contribution in [3.8, 4) is 0 Å². The van der Waals surface area contributed by atoms with Gasteiger partial charge in [0, 0.05) is 12.6 Å². The van der Waals surface area contributed by atoms with Gasteiger partial charge < -0.3 is 9.88 Å². The van der Waals surface area contributed by atoms with Gasteiger partial charge in [-0.1, -0.05) is 19.3 Å². The fourth-order valence-electron chi connectivity index (χ4n) is 2.46. The Labute approximate surface area is 113 Å². The summed E-state index contributed by atoms with van der Waals surface area (Å²) in [6, 6.07) is 0.297. The van der Waals surface area contributed by atoms with Crippen molar-refractivity contribution in [3.05, 3.63) is 18.2 Å². The second kappa shape index (κ2) is 6.23. The summed E-state index contributed by atoms with van der Waals surface area (Å²) in [7, 11) is 0. The van der Waals surface area contributed by atoms with Crippen LogP contribution in [0.5, 0.6) is 0 Å². The molecule has 1 unspecified atom stereocenters. The van der Waals surface area contributed by atoms with Gasteiger partial charge in [-0.3, -0.25) is 4.79 Å². The van der Waals surface area contributed by atoms with Crippen molar-refractivity contribution in [1.82, 2.24) is 14.9 Å². The number of halogens is 1. The molecule has 1 aliphatic rings. The van der Waals surface area contributed by atoms with Gasteiger partial charge in [-0.15, -0.1) is 11.6 Å². The summed E-state index contributed by atoms with van der Waals surface area (Å²) in [5.41, 5.74) is 0.771. The quantitative estimate of drug-likeness (QED) is 0.854. The van der Waals surface area contributed by atoms with Crippen molar-refractivity contribution in [3.63, 3.8) is 0 Å². The summed E-state index contributed by atoms with van der Waals surface area (Å²) in [4.78, 5) is 16.1. The highest BCUT2D eigenvalue weighted by Crippen LogP contribution is 2.23. The number of carbonyl (C=O) groups is 1. The van der Waals surface area contributed by atoms with Crippen molar-refractivity contribution in [2.45, 2.75) is 57.0 Å². The smallest absolute Gasteiger partial charge is 0.244 e. The van der Waals surface area contributed by atoms with Gasteiger partial charge in [-0.2, -0.15) is 0 Å². The predicted molar refractivity (Wildman–Crippen MR) is 71.5 cm³/mol. The van der Waals surface area contributed by atoms with Gasteiger partial charge in [0.1, 0.15) is 0 Å². The van der Waals surface area contributed by atoms with E-state index in [1.165, 1.54) is 19.3 Å². The van der Waals surface area contributed by atoms with Crippen molar-refractivity contribution in [2.24, 2.45) is 0 Å². The number of nitrogens with zero attached hydrogens (tertiary/aromatic N) is 2. The normalized spacial score (nSPS) is 18.6. The van der Waals surface area contributed by atoms with E-state index in [4.69, 9.17) is 11.6 Å². The standard InChI is InChI=1S/C13H20ClN3O/c1-2-17-9-15-8-11(17)12(14)13(18)16-10-6-4-3-5-7-10/h8-10,12H,2-7H2,1H3,(H,16,18). The predicted octanol–water partition coefficient (Wildman–Crippen LogP) is 2.63. The second-order valence-electron chi connectivity index (χ2n) is 4.81. The number of amides is 1. The lowest BCUT2D eigenvalue weighted by atomic mass is 9.95. The van der Waals surface area contributed by atoms with E-state index in [0.29, 0.717) is 6.04 Å². The van der Waals surface area contributed by atoms with E-state index in [-0.39, 0.29) is 5.91 Å². The molecule has 0 radical (unpaired) electrons. The zero-order chi connectivity index (χ0) is 13.0. The first-order chi connectivity index (χ1) is 8.72. The average molecular weight is 270 g/mol. The lowest BCUT2D eigenvalue weighted by molar-refractivity contribution is -0.121. The monoisotopic (exact) mass is 269 g/mol. The molecule has 1 fully saturated rings. The first-order valence-electron chi connectivity index (χ1n) is 6.67. The zero-order valence-corrected chi connectivity index (χ0v) is 11.5. The largest absolute Gasteiger partial charge is 0.352 e. The molecule has 2 rings (SSSR count). The van der Waals surface area contributed by atoms with Crippen LogP contribution in [0.1, 0.15) is 50.1 Å². The molecule has 0 saturated heterocycles. The van der Waals surface area contributed by atoms with Crippen LogP contribution in [0.3, 0.4) is 0 Å². The summed E-state index contributed by atoms with van der Waals surface area (Å²) in [6.45, 7) is 2.78. The van der Waals surface area contributed by atoms with Gasteiger partial charge in [0.25, 0.3) is 0 Å². The fourth-order valence-corrected chi connectivity index (χ4v) is 2.71. The molecule has 1 saturated carbocycles. The zero-order valence-electron chi connectivity index (χ0n) is 10.7. The third-order valence-corrected chi connectivity index (χ3v) is 3.95. The third-order valence-electron chi connectivity index (χ3n) is 3.53. The molecule has 1 aliphatic carbocycles. The van der Waals surface area contributed by atoms with Crippen molar-refractivity contribution in [2.75, 3.05) is 0 Å². The molecule has 1 amide bonds. The number of aromatic nitrogens is 2. The van der Waals surface area contributed by atoms with Gasteiger partial charge in [0.15, 0.2) is 5.38 Å². The van der Waals surface area contributed by atoms with Crippen molar-refractivity contribution in [1.29, 1.82) is 0 Å². The number of imidazole rings is 1. The van der Waals surface area contributed by atoms with Crippen molar-refractivity contribution >= 4 is 17.5 Å². The molecular weight excluding hydrogens is 250 g/mol. The number of alkyl halides is 1. The van der Waals surface area contributed by atoms with E-state index in [1.54, 1.807) is 12.5 Å². The maximum Gasteiger partial charge on any atom is 0.244 e. The molecule has 100 valence electrons. The number of rotatable bonds is 4. The Kier molecular flexibility index (Phi) is 4.64. The summed E-state index contributed by atoms with van der Waals surface area (Å²) in [5, 5.41) is 2.40. The van der Waals surface area contributed by atoms with E-state index < -0.39 is 5.38 Å². The number of hydrogen-bond donors (Lipinski definition) is 1. The molecule has 0 aliphatic heterocycles. The van der Waals surface area contributed by atoms with Gasteiger partial charge in [-0.25, -0.2) is 4.98 Å². The maximum absolute atomic E-state index is 12.1. The first-order valence-corrected chi connectivity index (χ1v) is 7.10. The van der Waals surface area contributed by atoms with Crippen LogP contribution in [0, 0.1) is 0 Å². The molecule has 1 heterocycles. The van der Waals surface area contributed by atoms with Crippen LogP contribution in [-0.4, -0.2) is 21.5 Å². The maximum atomic E-state index is 12.1. The van der Waals surface area contributed by atoms with Gasteiger partial charge in [-0.05, 0) is 19.8 Å². The van der Waals surface area contributed by atoms with E-state index >= 15 is 0 Å². The summed E-state index contributed by atoms with van der Waals surface area (Å²) in [6.07, 6.45) is 9.19. The number of nitrogens with one attached hydrogen (secondary N) is 1. The Morgan fingerprint density at radius 2 is 2.28 bits per heavy atom. The molecule has 0 spiro atoms. The highest BCUT2D eigenvalue weighted by molar-refractivity contribution is 6.30. The topological polar surface area (TPSA) is 46.9 Å². The van der Waals surface area contributed by atoms with Gasteiger partial charge >= 0.3 is 0 Å². The van der Waals surface area contributed by atoms with E-state index in [0.717, 1.165) is 25.1 Å². The summed E-state index contributed by atoms with van der Waals surface area (Å²) in [5.74, 6) is -0.0984. The van der Waals surface area contributed by atoms with E-state index in [9.17, 15) is 4.79 Å². The van der Waals surface area contributed by atoms with Crippen LogP contribution < -0.4 is 5.32 Å². The number of aryl methyl sites for hydroxylation is 1. The molecule has 0 aromatic carbocycles. The molecular formula is C13H20ClN3O. The van der Waals surface area contributed by atoms with Crippen LogP contribution in [-0.2, 0) is 11.3 Å². The van der Waals surface area contributed by atoms with Crippen molar-refractivity contribution < 1.29 is 4.79 Å². The lowest BCUT2D eigenvalue weighted by Gasteiger charge is -2.24. The van der Waals surface area contributed by atoms with Gasteiger partial charge in [0.2, 0.25) is 5.91 Å².